The van der Waals surface area contributed by atoms with Gasteiger partial charge in [0.1, 0.15) is 0 Å². The molecular formula is C34H32N2. The lowest BCUT2D eigenvalue weighted by molar-refractivity contribution is 0.522. The van der Waals surface area contributed by atoms with Gasteiger partial charge < -0.3 is 4.40 Å². The molecule has 0 unspecified atom stereocenters. The number of hydrogen-bond acceptors (Lipinski definition) is 1. The maximum absolute atomic E-state index is 4.73. The molecule has 3 aromatic heterocycles. The largest absolute Gasteiger partial charge is 0.309 e. The number of hydrogen-bond donors (Lipinski definition) is 0. The van der Waals surface area contributed by atoms with E-state index >= 15 is 0 Å². The zero-order valence-corrected chi connectivity index (χ0v) is 21.6. The third kappa shape index (κ3) is 3.52. The summed E-state index contributed by atoms with van der Waals surface area (Å²) in [5, 5.41) is 6.03. The number of para-hydroxylation sites is 1. The highest BCUT2D eigenvalue weighted by Crippen LogP contribution is 2.34. The molecule has 0 aliphatic heterocycles. The molecule has 0 atom stereocenters. The Hall–Kier alpha value is -3.91. The van der Waals surface area contributed by atoms with E-state index in [0.29, 0.717) is 0 Å². The van der Waals surface area contributed by atoms with Gasteiger partial charge in [0.15, 0.2) is 0 Å². The van der Waals surface area contributed by atoms with Crippen LogP contribution in [0.4, 0.5) is 0 Å². The molecular weight excluding hydrogens is 436 g/mol. The number of allylic oxidation sites excluding steroid dienone is 6. The van der Waals surface area contributed by atoms with Gasteiger partial charge in [-0.15, -0.1) is 0 Å². The van der Waals surface area contributed by atoms with Crippen LogP contribution in [0.5, 0.6) is 0 Å². The molecule has 1 aliphatic rings. The Balaban J connectivity index is 1.56. The molecule has 2 aromatic carbocycles. The number of nitrogens with zero attached hydrogens (tertiary/aromatic N) is 2. The highest BCUT2D eigenvalue weighted by atomic mass is 14.9. The van der Waals surface area contributed by atoms with Crippen molar-refractivity contribution in [3.8, 4) is 11.3 Å². The first kappa shape index (κ1) is 22.5. The lowest BCUT2D eigenvalue weighted by Gasteiger charge is -2.19. The summed E-state index contributed by atoms with van der Waals surface area (Å²) < 4.78 is 2.34. The zero-order valence-electron chi connectivity index (χ0n) is 21.6. The lowest BCUT2D eigenvalue weighted by Crippen LogP contribution is -2.25. The fourth-order valence-electron chi connectivity index (χ4n) is 5.65. The summed E-state index contributed by atoms with van der Waals surface area (Å²) in [4.78, 5) is 4.73. The number of benzene rings is 2. The average Bonchev–Trinajstić information content (AvgIpc) is 3.37. The highest BCUT2D eigenvalue weighted by Gasteiger charge is 2.18. The first-order chi connectivity index (χ1) is 17.4. The molecule has 0 amide bonds. The Morgan fingerprint density at radius 2 is 1.81 bits per heavy atom. The molecule has 5 aromatic rings. The number of pyridine rings is 1. The molecule has 0 bridgehead atoms. The van der Waals surface area contributed by atoms with Crippen molar-refractivity contribution < 1.29 is 0 Å². The zero-order chi connectivity index (χ0) is 25.0. The predicted molar refractivity (Wildman–Crippen MR) is 156 cm³/mol. The van der Waals surface area contributed by atoms with E-state index in [1.807, 2.05) is 6.20 Å². The molecule has 2 nitrogen and oxygen atoms in total. The van der Waals surface area contributed by atoms with Crippen LogP contribution < -0.4 is 10.6 Å². The summed E-state index contributed by atoms with van der Waals surface area (Å²) in [6.07, 6.45) is 15.5. The maximum atomic E-state index is 4.73. The molecule has 0 radical (unpaired) electrons. The minimum Gasteiger partial charge on any atom is -0.309 e. The molecule has 178 valence electrons. The summed E-state index contributed by atoms with van der Waals surface area (Å²) in [6, 6.07) is 17.7. The van der Waals surface area contributed by atoms with Crippen molar-refractivity contribution in [3.05, 3.63) is 101 Å². The van der Waals surface area contributed by atoms with Crippen molar-refractivity contribution in [3.63, 3.8) is 0 Å². The smallest absolute Gasteiger partial charge is 0.0708 e. The van der Waals surface area contributed by atoms with Crippen LogP contribution >= 0.6 is 0 Å². The molecule has 36 heavy (non-hydrogen) atoms. The molecule has 2 heteroatoms. The third-order valence-electron chi connectivity index (χ3n) is 7.52. The summed E-state index contributed by atoms with van der Waals surface area (Å²) in [5.74, 6) is 0. The Bertz CT molecular complexity index is 1830. The van der Waals surface area contributed by atoms with E-state index in [1.165, 1.54) is 49.1 Å². The fourth-order valence-corrected chi connectivity index (χ4v) is 5.65. The second kappa shape index (κ2) is 8.34. The van der Waals surface area contributed by atoms with E-state index in [0.717, 1.165) is 29.4 Å². The van der Waals surface area contributed by atoms with Crippen molar-refractivity contribution >= 4 is 45.4 Å². The van der Waals surface area contributed by atoms with Crippen LogP contribution in [0.25, 0.3) is 56.7 Å². The minimum atomic E-state index is 0.0785. The second-order valence-electron chi connectivity index (χ2n) is 10.8. The van der Waals surface area contributed by atoms with E-state index in [2.05, 4.69) is 118 Å². The maximum Gasteiger partial charge on any atom is 0.0708 e. The van der Waals surface area contributed by atoms with Gasteiger partial charge in [-0.05, 0) is 72.2 Å². The molecule has 0 saturated heterocycles. The van der Waals surface area contributed by atoms with Gasteiger partial charge in [0, 0.05) is 38.5 Å². The second-order valence-corrected chi connectivity index (χ2v) is 10.8. The summed E-state index contributed by atoms with van der Waals surface area (Å²) in [5.41, 5.74) is 8.50. The van der Waals surface area contributed by atoms with Crippen LogP contribution in [0.2, 0.25) is 0 Å². The Morgan fingerprint density at radius 3 is 2.56 bits per heavy atom. The highest BCUT2D eigenvalue weighted by molar-refractivity contribution is 6.15. The quantitative estimate of drug-likeness (QED) is 0.266. The number of fused-ring (bicyclic) bond motifs is 3. The van der Waals surface area contributed by atoms with E-state index < -0.39 is 0 Å². The third-order valence-corrected chi connectivity index (χ3v) is 7.52. The predicted octanol–water partition coefficient (Wildman–Crippen LogP) is 7.66. The Morgan fingerprint density at radius 1 is 0.972 bits per heavy atom. The Kier molecular flexibility index (Phi) is 5.22. The monoisotopic (exact) mass is 468 g/mol. The van der Waals surface area contributed by atoms with Gasteiger partial charge in [-0.25, -0.2) is 0 Å². The molecule has 0 N–H and O–H groups in total. The van der Waals surface area contributed by atoms with Gasteiger partial charge >= 0.3 is 0 Å². The van der Waals surface area contributed by atoms with E-state index in [4.69, 9.17) is 4.98 Å². The normalized spacial score (nSPS) is 15.5. The van der Waals surface area contributed by atoms with Crippen LogP contribution in [0.3, 0.4) is 0 Å². The topological polar surface area (TPSA) is 17.3 Å². The van der Waals surface area contributed by atoms with Crippen molar-refractivity contribution in [1.82, 2.24) is 9.38 Å². The van der Waals surface area contributed by atoms with Crippen LogP contribution in [0, 0.1) is 5.41 Å². The SMILES string of the molecule is C=c1/c(=C\C(=C/C)C(C)(C)C)c2cccc3c4cc(-c5cc(C6=CCCC=C6)ccn5)ccc4n1c23. The van der Waals surface area contributed by atoms with Crippen LogP contribution in [-0.4, -0.2) is 9.38 Å². The molecule has 3 heterocycles. The van der Waals surface area contributed by atoms with Gasteiger partial charge in [0.25, 0.3) is 0 Å². The lowest BCUT2D eigenvalue weighted by atomic mass is 9.85. The minimum absolute atomic E-state index is 0.0785. The molecule has 1 aliphatic carbocycles. The molecule has 0 saturated carbocycles. The van der Waals surface area contributed by atoms with E-state index in [1.54, 1.807) is 0 Å². The van der Waals surface area contributed by atoms with Gasteiger partial charge in [0.05, 0.1) is 16.7 Å². The van der Waals surface area contributed by atoms with Crippen LogP contribution in [0.1, 0.15) is 46.1 Å². The number of aromatic nitrogens is 2. The van der Waals surface area contributed by atoms with Crippen molar-refractivity contribution in [2.75, 3.05) is 0 Å². The standard InChI is InChI=1S/C34H32N2/c1-6-26(34(3,4)5)21-29-22(2)36-32-16-15-25(19-30(32)28-14-10-13-27(29)33(28)36)31-20-24(17-18-35-31)23-11-8-7-9-12-23/h6,8,10-21H,2,7,9H2,1,3-5H3/b26-6+,29-21+. The van der Waals surface area contributed by atoms with Gasteiger partial charge in [-0.2, -0.15) is 0 Å². The molecule has 0 spiro atoms. The van der Waals surface area contributed by atoms with Crippen molar-refractivity contribution in [2.45, 2.75) is 40.5 Å². The van der Waals surface area contributed by atoms with Gasteiger partial charge in [-0.1, -0.05) is 75.9 Å². The van der Waals surface area contributed by atoms with Gasteiger partial charge in [-0.3, -0.25) is 4.98 Å². The van der Waals surface area contributed by atoms with Crippen LogP contribution in [-0.2, 0) is 0 Å². The first-order valence-electron chi connectivity index (χ1n) is 12.9. The van der Waals surface area contributed by atoms with E-state index in [-0.39, 0.29) is 5.41 Å². The Labute approximate surface area is 212 Å². The van der Waals surface area contributed by atoms with Crippen molar-refractivity contribution in [2.24, 2.45) is 5.41 Å². The van der Waals surface area contributed by atoms with Crippen molar-refractivity contribution in [1.29, 1.82) is 0 Å². The molecule has 6 rings (SSSR count). The van der Waals surface area contributed by atoms with Crippen LogP contribution in [0.15, 0.2) is 84.6 Å². The molecule has 0 fully saturated rings. The summed E-state index contributed by atoms with van der Waals surface area (Å²) >= 11 is 0. The summed E-state index contributed by atoms with van der Waals surface area (Å²) in [7, 11) is 0. The average molecular weight is 469 g/mol. The first-order valence-corrected chi connectivity index (χ1v) is 12.9. The summed E-state index contributed by atoms with van der Waals surface area (Å²) in [6.45, 7) is 13.5. The van der Waals surface area contributed by atoms with Gasteiger partial charge in [0.2, 0.25) is 0 Å². The van der Waals surface area contributed by atoms with E-state index in [9.17, 15) is 0 Å². The number of rotatable bonds is 3. The fraction of sp³-hybridized carbons (Fsp3) is 0.206.